The summed E-state index contributed by atoms with van der Waals surface area (Å²) < 4.78 is 19.4. The summed E-state index contributed by atoms with van der Waals surface area (Å²) in [4.78, 5) is 16.6. The summed E-state index contributed by atoms with van der Waals surface area (Å²) in [5.41, 5.74) is 5.14. The molecule has 8 heteroatoms. The zero-order valence-electron chi connectivity index (χ0n) is 20.6. The number of fused-ring (bicyclic) bond motifs is 1. The lowest BCUT2D eigenvalue weighted by Gasteiger charge is -2.25. The largest absolute Gasteiger partial charge is 0.490 e. The Balaban J connectivity index is 1.79. The molecule has 0 spiro atoms. The lowest BCUT2D eigenvalue weighted by Crippen LogP contribution is -2.29. The molecule has 1 aliphatic heterocycles. The van der Waals surface area contributed by atoms with Crippen LogP contribution in [0.1, 0.15) is 49.0 Å². The minimum atomic E-state index is -0.995. The Kier molecular flexibility index (Phi) is 5.63. The molecule has 5 rings (SSSR count). The van der Waals surface area contributed by atoms with Crippen molar-refractivity contribution >= 4 is 17.0 Å². The van der Waals surface area contributed by atoms with Crippen molar-refractivity contribution in [2.45, 2.75) is 52.7 Å². The van der Waals surface area contributed by atoms with E-state index in [4.69, 9.17) is 19.0 Å². The average Bonchev–Trinajstić information content (AvgIpc) is 3.50. The van der Waals surface area contributed by atoms with Crippen LogP contribution in [0.5, 0.6) is 5.75 Å². The van der Waals surface area contributed by atoms with E-state index in [9.17, 15) is 9.90 Å². The van der Waals surface area contributed by atoms with Gasteiger partial charge in [-0.3, -0.25) is 0 Å². The molecule has 0 amide bonds. The number of carboxylic acids is 1. The van der Waals surface area contributed by atoms with Crippen LogP contribution < -0.4 is 4.74 Å². The van der Waals surface area contributed by atoms with Gasteiger partial charge in [0.15, 0.2) is 0 Å². The van der Waals surface area contributed by atoms with Crippen molar-refractivity contribution in [2.24, 2.45) is 0 Å². The number of aromatic nitrogens is 3. The zero-order chi connectivity index (χ0) is 24.9. The van der Waals surface area contributed by atoms with Crippen LogP contribution in [0.15, 0.2) is 41.2 Å². The third kappa shape index (κ3) is 3.97. The van der Waals surface area contributed by atoms with Crippen LogP contribution in [0.3, 0.4) is 0 Å². The fourth-order valence-corrected chi connectivity index (χ4v) is 4.84. The Morgan fingerprint density at radius 1 is 1.23 bits per heavy atom. The number of aryl methyl sites for hydroxylation is 2. The lowest BCUT2D eigenvalue weighted by molar-refractivity contribution is 0.0696. The van der Waals surface area contributed by atoms with Gasteiger partial charge in [0.25, 0.3) is 0 Å². The van der Waals surface area contributed by atoms with E-state index in [1.807, 2.05) is 40.0 Å². The van der Waals surface area contributed by atoms with Crippen molar-refractivity contribution in [3.63, 3.8) is 0 Å². The molecule has 35 heavy (non-hydrogen) atoms. The van der Waals surface area contributed by atoms with Gasteiger partial charge in [0.05, 0.1) is 29.5 Å². The predicted octanol–water partition coefficient (Wildman–Crippen LogP) is 5.60. The molecule has 0 saturated carbocycles. The van der Waals surface area contributed by atoms with Crippen LogP contribution in [0, 0.1) is 13.8 Å². The molecule has 4 heterocycles. The average molecular weight is 476 g/mol. The summed E-state index contributed by atoms with van der Waals surface area (Å²) >= 11 is 0. The van der Waals surface area contributed by atoms with E-state index in [0.717, 1.165) is 51.2 Å². The number of carbonyl (C=O) groups is 1. The smallest absolute Gasteiger partial charge is 0.335 e. The molecule has 1 atom stereocenters. The fourth-order valence-electron chi connectivity index (χ4n) is 4.84. The lowest BCUT2D eigenvalue weighted by atomic mass is 10.00. The Hall–Kier alpha value is -3.65. The molecule has 1 saturated heterocycles. The van der Waals surface area contributed by atoms with Gasteiger partial charge in [0.1, 0.15) is 17.2 Å². The normalized spacial score (nSPS) is 18.0. The summed E-state index contributed by atoms with van der Waals surface area (Å²) in [6, 6.07) is 7.12. The molecule has 182 valence electrons. The van der Waals surface area contributed by atoms with E-state index < -0.39 is 5.97 Å². The molecule has 1 N–H and O–H groups in total. The highest BCUT2D eigenvalue weighted by Gasteiger charge is 2.34. The molecule has 1 unspecified atom stereocenters. The molecule has 1 aromatic carbocycles. The van der Waals surface area contributed by atoms with Gasteiger partial charge in [-0.2, -0.15) is 0 Å². The molecule has 0 aliphatic carbocycles. The molecular formula is C27H29N3O5. The van der Waals surface area contributed by atoms with E-state index in [1.165, 1.54) is 0 Å². The van der Waals surface area contributed by atoms with Crippen molar-refractivity contribution in [1.82, 2.24) is 14.7 Å². The van der Waals surface area contributed by atoms with Crippen LogP contribution in [-0.2, 0) is 10.3 Å². The predicted molar refractivity (Wildman–Crippen MR) is 132 cm³/mol. The van der Waals surface area contributed by atoms with Crippen molar-refractivity contribution in [3.8, 4) is 28.0 Å². The highest BCUT2D eigenvalue weighted by molar-refractivity contribution is 5.99. The molecule has 0 radical (unpaired) electrons. The summed E-state index contributed by atoms with van der Waals surface area (Å²) in [6.07, 6.45) is 4.69. The third-order valence-electron chi connectivity index (χ3n) is 6.63. The monoisotopic (exact) mass is 475 g/mol. The van der Waals surface area contributed by atoms with E-state index >= 15 is 0 Å². The summed E-state index contributed by atoms with van der Waals surface area (Å²) in [7, 11) is 0. The van der Waals surface area contributed by atoms with Crippen LogP contribution >= 0.6 is 0 Å². The molecule has 3 aromatic heterocycles. The standard InChI is InChI=1S/C27H29N3O5/c1-15(2)34-23-11-18(26(31)32)6-7-20(23)22-13-30(27(5)8-9-33-14-27)25-21(22)10-19(12-28-25)24-16(3)29-35-17(24)4/h6-7,10-13,15H,8-9,14H2,1-5H3,(H,31,32). The second-order valence-electron chi connectivity index (χ2n) is 9.69. The Morgan fingerprint density at radius 3 is 2.66 bits per heavy atom. The van der Waals surface area contributed by atoms with Gasteiger partial charge >= 0.3 is 5.97 Å². The summed E-state index contributed by atoms with van der Waals surface area (Å²) in [6.45, 7) is 11.1. The molecule has 0 bridgehead atoms. The van der Waals surface area contributed by atoms with Crippen molar-refractivity contribution in [2.75, 3.05) is 13.2 Å². The van der Waals surface area contributed by atoms with Crippen LogP contribution in [0.2, 0.25) is 0 Å². The first-order valence-electron chi connectivity index (χ1n) is 11.7. The van der Waals surface area contributed by atoms with E-state index in [1.54, 1.807) is 12.1 Å². The number of carboxylic acid groups (broad SMARTS) is 1. The first-order valence-corrected chi connectivity index (χ1v) is 11.7. The molecule has 4 aromatic rings. The van der Waals surface area contributed by atoms with Crippen LogP contribution in [0.25, 0.3) is 33.3 Å². The Bertz CT molecular complexity index is 1410. The number of rotatable bonds is 6. The fraction of sp³-hybridized carbons (Fsp3) is 0.370. The van der Waals surface area contributed by atoms with Gasteiger partial charge in [-0.25, -0.2) is 9.78 Å². The molecule has 1 fully saturated rings. The van der Waals surface area contributed by atoms with Gasteiger partial charge in [-0.15, -0.1) is 0 Å². The molecule has 8 nitrogen and oxygen atoms in total. The Labute approximate surface area is 203 Å². The summed E-state index contributed by atoms with van der Waals surface area (Å²) in [5, 5.41) is 14.6. The highest BCUT2D eigenvalue weighted by atomic mass is 16.5. The quantitative estimate of drug-likeness (QED) is 0.388. The number of pyridine rings is 1. The highest BCUT2D eigenvalue weighted by Crippen LogP contribution is 2.42. The second-order valence-corrected chi connectivity index (χ2v) is 9.69. The SMILES string of the molecule is Cc1noc(C)c1-c1cnc2c(c1)c(-c1ccc(C(=O)O)cc1OC(C)C)cn2C1(C)CCOC1. The third-order valence-corrected chi connectivity index (χ3v) is 6.63. The van der Waals surface area contributed by atoms with Gasteiger partial charge in [-0.1, -0.05) is 5.16 Å². The number of benzene rings is 1. The van der Waals surface area contributed by atoms with Crippen molar-refractivity contribution < 1.29 is 23.9 Å². The van der Waals surface area contributed by atoms with E-state index in [-0.39, 0.29) is 17.2 Å². The first-order chi connectivity index (χ1) is 16.7. The number of aromatic carboxylic acids is 1. The number of ether oxygens (including phenoxy) is 2. The maximum atomic E-state index is 11.7. The first kappa shape index (κ1) is 23.1. The van der Waals surface area contributed by atoms with E-state index in [0.29, 0.717) is 19.0 Å². The molecular weight excluding hydrogens is 446 g/mol. The van der Waals surface area contributed by atoms with Crippen molar-refractivity contribution in [1.29, 1.82) is 0 Å². The molecule has 1 aliphatic rings. The second kappa shape index (κ2) is 8.53. The van der Waals surface area contributed by atoms with Gasteiger partial charge in [-0.05, 0) is 65.3 Å². The van der Waals surface area contributed by atoms with Gasteiger partial charge < -0.3 is 23.7 Å². The minimum absolute atomic E-state index is 0.122. The minimum Gasteiger partial charge on any atom is -0.490 e. The maximum Gasteiger partial charge on any atom is 0.335 e. The summed E-state index contributed by atoms with van der Waals surface area (Å²) in [5.74, 6) is 0.260. The number of hydrogen-bond acceptors (Lipinski definition) is 6. The zero-order valence-corrected chi connectivity index (χ0v) is 20.6. The van der Waals surface area contributed by atoms with E-state index in [2.05, 4.69) is 28.9 Å². The van der Waals surface area contributed by atoms with Gasteiger partial charge in [0.2, 0.25) is 0 Å². The Morgan fingerprint density at radius 2 is 2.03 bits per heavy atom. The van der Waals surface area contributed by atoms with Crippen LogP contribution in [0.4, 0.5) is 0 Å². The maximum absolute atomic E-state index is 11.7. The number of hydrogen-bond donors (Lipinski definition) is 1. The van der Waals surface area contributed by atoms with Crippen LogP contribution in [-0.4, -0.2) is 45.1 Å². The van der Waals surface area contributed by atoms with Gasteiger partial charge in [0, 0.05) is 46.6 Å². The number of nitrogens with zero attached hydrogens (tertiary/aromatic N) is 3. The van der Waals surface area contributed by atoms with Crippen molar-refractivity contribution in [3.05, 3.63) is 53.7 Å². The topological polar surface area (TPSA) is 99.6 Å².